The number of benzene rings is 3. The Balaban J connectivity index is 1.73. The highest BCUT2D eigenvalue weighted by Gasteiger charge is 2.27. The summed E-state index contributed by atoms with van der Waals surface area (Å²) in [7, 11) is 0.722. The Bertz CT molecular complexity index is 1280. The van der Waals surface area contributed by atoms with Crippen LogP contribution in [0.25, 0.3) is 11.1 Å². The van der Waals surface area contributed by atoms with Crippen LogP contribution in [0.1, 0.15) is 23.1 Å². The van der Waals surface area contributed by atoms with Crippen LogP contribution in [-0.4, -0.2) is 52.4 Å². The van der Waals surface area contributed by atoms with Gasteiger partial charge in [-0.25, -0.2) is 8.42 Å². The third-order valence-corrected chi connectivity index (χ3v) is 7.38. The highest BCUT2D eigenvalue weighted by atomic mass is 32.2. The second kappa shape index (κ2) is 12.0. The largest absolute Gasteiger partial charge is 0.469 e. The standard InChI is InChI=1S/C28H32N2O5S/c1-20-5-16-25(17-6-20)36(33,34)29-26(28(32)30(2)3)19-22-9-14-24(15-10-22)23-12-7-21(8-13-23)11-18-27(31)35-4/h5-10,12-17,26,29H,11,18-19H2,1-4H3. The molecular formula is C28H32N2O5S. The quantitative estimate of drug-likeness (QED) is 0.421. The first-order valence-corrected chi connectivity index (χ1v) is 13.1. The fourth-order valence-corrected chi connectivity index (χ4v) is 4.93. The van der Waals surface area contributed by atoms with Gasteiger partial charge in [0.2, 0.25) is 15.9 Å². The molecule has 0 fully saturated rings. The van der Waals surface area contributed by atoms with Crippen LogP contribution in [0, 0.1) is 6.92 Å². The van der Waals surface area contributed by atoms with Gasteiger partial charge in [0.1, 0.15) is 6.04 Å². The molecule has 1 N–H and O–H groups in total. The number of hydrogen-bond acceptors (Lipinski definition) is 5. The average Bonchev–Trinajstić information content (AvgIpc) is 2.87. The number of nitrogens with one attached hydrogen (secondary N) is 1. The summed E-state index contributed by atoms with van der Waals surface area (Å²) in [6.45, 7) is 1.88. The van der Waals surface area contributed by atoms with Crippen molar-refractivity contribution in [2.75, 3.05) is 21.2 Å². The van der Waals surface area contributed by atoms with Crippen molar-refractivity contribution in [2.24, 2.45) is 0 Å². The number of carbonyl (C=O) groups excluding carboxylic acids is 2. The molecule has 8 heteroatoms. The number of methoxy groups -OCH3 is 1. The maximum absolute atomic E-state index is 12.9. The van der Waals surface area contributed by atoms with Crippen molar-refractivity contribution in [3.05, 3.63) is 89.5 Å². The van der Waals surface area contributed by atoms with Crippen LogP contribution < -0.4 is 4.72 Å². The second-order valence-electron chi connectivity index (χ2n) is 8.89. The minimum Gasteiger partial charge on any atom is -0.469 e. The summed E-state index contributed by atoms with van der Waals surface area (Å²) in [5.41, 5.74) is 4.84. The van der Waals surface area contributed by atoms with Gasteiger partial charge in [-0.1, -0.05) is 66.2 Å². The van der Waals surface area contributed by atoms with Crippen molar-refractivity contribution in [1.29, 1.82) is 0 Å². The van der Waals surface area contributed by atoms with E-state index in [9.17, 15) is 18.0 Å². The van der Waals surface area contributed by atoms with E-state index in [4.69, 9.17) is 0 Å². The summed E-state index contributed by atoms with van der Waals surface area (Å²) in [6.07, 6.45) is 1.17. The van der Waals surface area contributed by atoms with Gasteiger partial charge in [-0.2, -0.15) is 4.72 Å². The number of likely N-dealkylation sites (N-methyl/N-ethyl adjacent to an activating group) is 1. The van der Waals surface area contributed by atoms with Crippen molar-refractivity contribution >= 4 is 21.9 Å². The van der Waals surface area contributed by atoms with Gasteiger partial charge in [-0.3, -0.25) is 9.59 Å². The van der Waals surface area contributed by atoms with Crippen molar-refractivity contribution in [2.45, 2.75) is 37.1 Å². The zero-order valence-electron chi connectivity index (χ0n) is 21.0. The number of aryl methyl sites for hydroxylation is 2. The Hall–Kier alpha value is -3.49. The summed E-state index contributed by atoms with van der Waals surface area (Å²) >= 11 is 0. The van der Waals surface area contributed by atoms with Crippen molar-refractivity contribution in [1.82, 2.24) is 9.62 Å². The highest BCUT2D eigenvalue weighted by Crippen LogP contribution is 2.22. The Morgan fingerprint density at radius 3 is 1.89 bits per heavy atom. The van der Waals surface area contributed by atoms with E-state index in [1.165, 1.54) is 24.1 Å². The van der Waals surface area contributed by atoms with Crippen LogP contribution in [0.4, 0.5) is 0 Å². The molecule has 190 valence electrons. The SMILES string of the molecule is COC(=O)CCc1ccc(-c2ccc(CC(NS(=O)(=O)c3ccc(C)cc3)C(=O)N(C)C)cc2)cc1. The lowest BCUT2D eigenvalue weighted by molar-refractivity contribution is -0.140. The molecule has 3 aromatic carbocycles. The number of ether oxygens (including phenoxy) is 1. The average molecular weight is 509 g/mol. The van der Waals surface area contributed by atoms with Gasteiger partial charge in [0.05, 0.1) is 12.0 Å². The minimum atomic E-state index is -3.87. The lowest BCUT2D eigenvalue weighted by atomic mass is 9.99. The first-order chi connectivity index (χ1) is 17.1. The maximum atomic E-state index is 12.9. The predicted octanol–water partition coefficient (Wildman–Crippen LogP) is 3.75. The molecule has 0 radical (unpaired) electrons. The molecule has 0 saturated heterocycles. The number of hydrogen-bond donors (Lipinski definition) is 1. The summed E-state index contributed by atoms with van der Waals surface area (Å²) in [5.74, 6) is -0.556. The van der Waals surface area contributed by atoms with Gasteiger partial charge in [0, 0.05) is 20.5 Å². The number of nitrogens with zero attached hydrogens (tertiary/aromatic N) is 1. The number of carbonyl (C=O) groups is 2. The molecule has 1 amide bonds. The third-order valence-electron chi connectivity index (χ3n) is 5.89. The van der Waals surface area contributed by atoms with Crippen molar-refractivity contribution < 1.29 is 22.7 Å². The molecule has 0 aromatic heterocycles. The molecule has 1 atom stereocenters. The zero-order chi connectivity index (χ0) is 26.3. The van der Waals surface area contributed by atoms with E-state index in [1.807, 2.05) is 55.5 Å². The Morgan fingerprint density at radius 2 is 1.39 bits per heavy atom. The van der Waals surface area contributed by atoms with E-state index >= 15 is 0 Å². The highest BCUT2D eigenvalue weighted by molar-refractivity contribution is 7.89. The van der Waals surface area contributed by atoms with Gasteiger partial charge in [0.25, 0.3) is 0 Å². The normalized spacial score (nSPS) is 12.1. The van der Waals surface area contributed by atoms with Crippen LogP contribution in [0.15, 0.2) is 77.7 Å². The maximum Gasteiger partial charge on any atom is 0.305 e. The van der Waals surface area contributed by atoms with Crippen LogP contribution in [0.5, 0.6) is 0 Å². The molecule has 0 aliphatic carbocycles. The van der Waals surface area contributed by atoms with E-state index in [0.29, 0.717) is 12.8 Å². The molecule has 7 nitrogen and oxygen atoms in total. The van der Waals surface area contributed by atoms with Gasteiger partial charge in [0.15, 0.2) is 0 Å². The summed E-state index contributed by atoms with van der Waals surface area (Å²) < 4.78 is 33.1. The Labute approximate surface area is 213 Å². The molecule has 0 aliphatic rings. The molecular weight excluding hydrogens is 476 g/mol. The lowest BCUT2D eigenvalue weighted by Crippen LogP contribution is -2.47. The van der Waals surface area contributed by atoms with Crippen molar-refractivity contribution in [3.63, 3.8) is 0 Å². The first kappa shape index (κ1) is 27.1. The Kier molecular flexibility index (Phi) is 9.01. The molecule has 1 unspecified atom stereocenters. The number of sulfonamides is 1. The molecule has 0 bridgehead atoms. The van der Waals surface area contributed by atoms with Gasteiger partial charge < -0.3 is 9.64 Å². The first-order valence-electron chi connectivity index (χ1n) is 11.6. The monoisotopic (exact) mass is 508 g/mol. The summed E-state index contributed by atoms with van der Waals surface area (Å²) in [6, 6.07) is 21.2. The van der Waals surface area contributed by atoms with E-state index < -0.39 is 16.1 Å². The fraction of sp³-hybridized carbons (Fsp3) is 0.286. The molecule has 3 rings (SSSR count). The number of rotatable bonds is 10. The van der Waals surface area contributed by atoms with Gasteiger partial charge in [-0.15, -0.1) is 0 Å². The minimum absolute atomic E-state index is 0.120. The molecule has 36 heavy (non-hydrogen) atoms. The van der Waals surface area contributed by atoms with E-state index in [1.54, 1.807) is 26.2 Å². The predicted molar refractivity (Wildman–Crippen MR) is 140 cm³/mol. The summed E-state index contributed by atoms with van der Waals surface area (Å²) in [4.78, 5) is 25.7. The summed E-state index contributed by atoms with van der Waals surface area (Å²) in [5, 5.41) is 0. The topological polar surface area (TPSA) is 92.8 Å². The number of esters is 1. The van der Waals surface area contributed by atoms with Gasteiger partial charge in [-0.05, 0) is 54.2 Å². The van der Waals surface area contributed by atoms with Crippen LogP contribution in [0.3, 0.4) is 0 Å². The Morgan fingerprint density at radius 1 is 0.861 bits per heavy atom. The van der Waals surface area contributed by atoms with E-state index in [0.717, 1.165) is 27.8 Å². The number of amides is 1. The second-order valence-corrected chi connectivity index (χ2v) is 10.6. The van der Waals surface area contributed by atoms with Crippen LogP contribution >= 0.6 is 0 Å². The van der Waals surface area contributed by atoms with Crippen LogP contribution in [0.2, 0.25) is 0 Å². The molecule has 0 spiro atoms. The molecule has 0 aliphatic heterocycles. The van der Waals surface area contributed by atoms with E-state index in [-0.39, 0.29) is 23.2 Å². The smallest absolute Gasteiger partial charge is 0.305 e. The lowest BCUT2D eigenvalue weighted by Gasteiger charge is -2.22. The third kappa shape index (κ3) is 7.26. The van der Waals surface area contributed by atoms with Gasteiger partial charge >= 0.3 is 5.97 Å². The molecule has 0 heterocycles. The molecule has 0 saturated carbocycles. The van der Waals surface area contributed by atoms with E-state index in [2.05, 4.69) is 9.46 Å². The van der Waals surface area contributed by atoms with Crippen molar-refractivity contribution in [3.8, 4) is 11.1 Å². The zero-order valence-corrected chi connectivity index (χ0v) is 21.8. The molecule has 3 aromatic rings. The fourth-order valence-electron chi connectivity index (χ4n) is 3.75. The van der Waals surface area contributed by atoms with Crippen LogP contribution in [-0.2, 0) is 37.2 Å².